The van der Waals surface area contributed by atoms with Gasteiger partial charge in [0.15, 0.2) is 0 Å². The lowest BCUT2D eigenvalue weighted by Gasteiger charge is -2.35. The SMILES string of the molecule is C[C@H]1C[C@H]1C(=O)Nc1cc(C(F)(F)F)ccc1N1CCN(C)CC1. The Bertz CT molecular complexity index is 624. The van der Waals surface area contributed by atoms with E-state index in [4.69, 9.17) is 0 Å². The van der Waals surface area contributed by atoms with Crippen molar-refractivity contribution in [1.29, 1.82) is 0 Å². The van der Waals surface area contributed by atoms with E-state index in [9.17, 15) is 18.0 Å². The summed E-state index contributed by atoms with van der Waals surface area (Å²) in [6.07, 6.45) is -3.62. The lowest BCUT2D eigenvalue weighted by molar-refractivity contribution is -0.137. The number of piperazine rings is 1. The number of halogens is 3. The molecule has 1 aromatic carbocycles. The molecule has 24 heavy (non-hydrogen) atoms. The van der Waals surface area contributed by atoms with E-state index in [0.717, 1.165) is 44.7 Å². The van der Waals surface area contributed by atoms with Crippen molar-refractivity contribution in [2.45, 2.75) is 19.5 Å². The Morgan fingerprint density at radius 3 is 2.38 bits per heavy atom. The van der Waals surface area contributed by atoms with E-state index in [1.165, 1.54) is 6.07 Å². The molecule has 0 bridgehead atoms. The fourth-order valence-corrected chi connectivity index (χ4v) is 3.05. The summed E-state index contributed by atoms with van der Waals surface area (Å²) in [5.74, 6) is 0.0416. The van der Waals surface area contributed by atoms with Crippen LogP contribution >= 0.6 is 0 Å². The second-order valence-electron chi connectivity index (χ2n) is 6.83. The van der Waals surface area contributed by atoms with Crippen LogP contribution in [0.4, 0.5) is 24.5 Å². The van der Waals surface area contributed by atoms with Gasteiger partial charge in [0, 0.05) is 32.1 Å². The molecule has 132 valence electrons. The number of likely N-dealkylation sites (N-methyl/N-ethyl adjacent to an activating group) is 1. The lowest BCUT2D eigenvalue weighted by atomic mass is 10.1. The standard InChI is InChI=1S/C17H22F3N3O/c1-11-9-13(11)16(24)21-14-10-12(17(18,19)20)3-4-15(14)23-7-5-22(2)6-8-23/h3-4,10-11,13H,5-9H2,1-2H3,(H,21,24)/t11-,13+/m0/s1. The summed E-state index contributed by atoms with van der Waals surface area (Å²) in [6, 6.07) is 3.61. The number of amides is 1. The minimum atomic E-state index is -4.42. The quantitative estimate of drug-likeness (QED) is 0.918. The zero-order valence-electron chi connectivity index (χ0n) is 13.9. The molecular formula is C17H22F3N3O. The van der Waals surface area contributed by atoms with Crippen molar-refractivity contribution < 1.29 is 18.0 Å². The van der Waals surface area contributed by atoms with Crippen LogP contribution in [0.3, 0.4) is 0 Å². The summed E-state index contributed by atoms with van der Waals surface area (Å²) in [7, 11) is 2.02. The van der Waals surface area contributed by atoms with Crippen LogP contribution in [0.2, 0.25) is 0 Å². The molecule has 1 aromatic rings. The molecule has 1 saturated carbocycles. The van der Waals surface area contributed by atoms with Gasteiger partial charge in [-0.25, -0.2) is 0 Å². The average molecular weight is 341 g/mol. The number of benzene rings is 1. The van der Waals surface area contributed by atoms with E-state index >= 15 is 0 Å². The van der Waals surface area contributed by atoms with Gasteiger partial charge < -0.3 is 15.1 Å². The highest BCUT2D eigenvalue weighted by Crippen LogP contribution is 2.40. The summed E-state index contributed by atoms with van der Waals surface area (Å²) in [5, 5.41) is 2.73. The van der Waals surface area contributed by atoms with Crippen LogP contribution in [0.15, 0.2) is 18.2 Å². The summed E-state index contributed by atoms with van der Waals surface area (Å²) in [4.78, 5) is 16.4. The molecule has 1 aliphatic heterocycles. The van der Waals surface area contributed by atoms with Crippen LogP contribution in [-0.4, -0.2) is 44.0 Å². The summed E-state index contributed by atoms with van der Waals surface area (Å²) < 4.78 is 39.1. The third-order valence-electron chi connectivity index (χ3n) is 4.87. The monoisotopic (exact) mass is 341 g/mol. The van der Waals surface area contributed by atoms with E-state index in [1.807, 2.05) is 18.9 Å². The average Bonchev–Trinajstić information content (AvgIpc) is 3.24. The molecule has 2 aliphatic rings. The van der Waals surface area contributed by atoms with Crippen LogP contribution in [0.5, 0.6) is 0 Å². The van der Waals surface area contributed by atoms with E-state index < -0.39 is 11.7 Å². The maximum atomic E-state index is 13.0. The number of alkyl halides is 3. The molecule has 2 fully saturated rings. The Kier molecular flexibility index (Phi) is 4.46. The maximum absolute atomic E-state index is 13.0. The first kappa shape index (κ1) is 17.1. The number of hydrogen-bond acceptors (Lipinski definition) is 3. The molecule has 2 atom stereocenters. The summed E-state index contributed by atoms with van der Waals surface area (Å²) in [6.45, 7) is 5.11. The van der Waals surface area contributed by atoms with Crippen LogP contribution in [-0.2, 0) is 11.0 Å². The summed E-state index contributed by atoms with van der Waals surface area (Å²) in [5.41, 5.74) is 0.191. The largest absolute Gasteiger partial charge is 0.416 e. The van der Waals surface area contributed by atoms with Gasteiger partial charge in [-0.3, -0.25) is 4.79 Å². The number of nitrogens with one attached hydrogen (secondary N) is 1. The Hall–Kier alpha value is -1.76. The highest BCUT2D eigenvalue weighted by atomic mass is 19.4. The molecule has 1 heterocycles. The first-order chi connectivity index (χ1) is 11.3. The zero-order valence-corrected chi connectivity index (χ0v) is 13.9. The predicted molar refractivity (Wildman–Crippen MR) is 87.1 cm³/mol. The molecule has 1 saturated heterocycles. The Balaban J connectivity index is 1.87. The highest BCUT2D eigenvalue weighted by Gasteiger charge is 2.40. The molecule has 0 radical (unpaired) electrons. The molecule has 4 nitrogen and oxygen atoms in total. The van der Waals surface area contributed by atoms with Gasteiger partial charge in [-0.15, -0.1) is 0 Å². The smallest absolute Gasteiger partial charge is 0.367 e. The van der Waals surface area contributed by atoms with Gasteiger partial charge >= 0.3 is 6.18 Å². The van der Waals surface area contributed by atoms with E-state index in [0.29, 0.717) is 11.6 Å². The zero-order chi connectivity index (χ0) is 17.5. The second kappa shape index (κ2) is 6.27. The number of carbonyl (C=O) groups is 1. The minimum absolute atomic E-state index is 0.0834. The van der Waals surface area contributed by atoms with Crippen molar-refractivity contribution in [3.05, 3.63) is 23.8 Å². The second-order valence-corrected chi connectivity index (χ2v) is 6.83. The van der Waals surface area contributed by atoms with E-state index in [1.54, 1.807) is 0 Å². The maximum Gasteiger partial charge on any atom is 0.416 e. The fourth-order valence-electron chi connectivity index (χ4n) is 3.05. The molecule has 0 aromatic heterocycles. The normalized spacial score (nSPS) is 24.8. The summed E-state index contributed by atoms with van der Waals surface area (Å²) >= 11 is 0. The third kappa shape index (κ3) is 3.66. The lowest BCUT2D eigenvalue weighted by Crippen LogP contribution is -2.44. The first-order valence-electron chi connectivity index (χ1n) is 8.21. The van der Waals surface area contributed by atoms with Crippen molar-refractivity contribution >= 4 is 17.3 Å². The highest BCUT2D eigenvalue weighted by molar-refractivity contribution is 5.97. The topological polar surface area (TPSA) is 35.6 Å². The van der Waals surface area contributed by atoms with Crippen molar-refractivity contribution in [2.24, 2.45) is 11.8 Å². The number of hydrogen-bond donors (Lipinski definition) is 1. The van der Waals surface area contributed by atoms with Gasteiger partial charge in [0.05, 0.1) is 16.9 Å². The molecule has 7 heteroatoms. The Labute approximate surface area is 139 Å². The minimum Gasteiger partial charge on any atom is -0.367 e. The van der Waals surface area contributed by atoms with Crippen molar-refractivity contribution in [3.63, 3.8) is 0 Å². The van der Waals surface area contributed by atoms with Gasteiger partial charge in [0.25, 0.3) is 0 Å². The number of rotatable bonds is 3. The van der Waals surface area contributed by atoms with E-state index in [-0.39, 0.29) is 17.5 Å². The number of anilines is 2. The number of carbonyl (C=O) groups excluding carboxylic acids is 1. The Morgan fingerprint density at radius 2 is 1.83 bits per heavy atom. The van der Waals surface area contributed by atoms with Crippen molar-refractivity contribution in [3.8, 4) is 0 Å². The predicted octanol–water partition coefficient (Wildman–Crippen LogP) is 3.05. The van der Waals surface area contributed by atoms with Crippen LogP contribution < -0.4 is 10.2 Å². The van der Waals surface area contributed by atoms with Crippen LogP contribution in [0, 0.1) is 11.8 Å². The molecule has 1 aliphatic carbocycles. The van der Waals surface area contributed by atoms with Crippen LogP contribution in [0.1, 0.15) is 18.9 Å². The van der Waals surface area contributed by atoms with Gasteiger partial charge in [-0.05, 0) is 37.6 Å². The third-order valence-corrected chi connectivity index (χ3v) is 4.87. The molecule has 0 spiro atoms. The first-order valence-corrected chi connectivity index (χ1v) is 8.21. The van der Waals surface area contributed by atoms with Crippen molar-refractivity contribution in [1.82, 2.24) is 4.90 Å². The number of nitrogens with zero attached hydrogens (tertiary/aromatic N) is 2. The molecule has 1 N–H and O–H groups in total. The molecule has 1 amide bonds. The van der Waals surface area contributed by atoms with Crippen molar-refractivity contribution in [2.75, 3.05) is 43.4 Å². The molecule has 3 rings (SSSR count). The van der Waals surface area contributed by atoms with E-state index in [2.05, 4.69) is 10.2 Å². The fraction of sp³-hybridized carbons (Fsp3) is 0.588. The Morgan fingerprint density at radius 1 is 1.21 bits per heavy atom. The van der Waals surface area contributed by atoms with Gasteiger partial charge in [0.2, 0.25) is 5.91 Å². The van der Waals surface area contributed by atoms with Gasteiger partial charge in [0.1, 0.15) is 0 Å². The van der Waals surface area contributed by atoms with Crippen LogP contribution in [0.25, 0.3) is 0 Å². The molecular weight excluding hydrogens is 319 g/mol. The van der Waals surface area contributed by atoms with Gasteiger partial charge in [-0.1, -0.05) is 6.92 Å². The van der Waals surface area contributed by atoms with Gasteiger partial charge in [-0.2, -0.15) is 13.2 Å². The molecule has 0 unspecified atom stereocenters.